The molecule has 1 aliphatic carbocycles. The average molecular weight is 268 g/mol. The number of hydrogen-bond acceptors (Lipinski definition) is 1. The second-order valence-electron chi connectivity index (χ2n) is 4.46. The highest BCUT2D eigenvalue weighted by molar-refractivity contribution is 9.10. The fraction of sp³-hybridized carbons (Fsp3) is 0.538. The predicted octanol–water partition coefficient (Wildman–Crippen LogP) is 3.38. The van der Waals surface area contributed by atoms with E-state index < -0.39 is 0 Å². The van der Waals surface area contributed by atoms with Crippen molar-refractivity contribution in [3.05, 3.63) is 34.3 Å². The molecule has 0 aromatic heterocycles. The zero-order valence-corrected chi connectivity index (χ0v) is 10.8. The molecule has 1 saturated carbocycles. The van der Waals surface area contributed by atoms with Gasteiger partial charge in [-0.15, -0.1) is 0 Å². The minimum absolute atomic E-state index is 0.635. The molecule has 2 rings (SSSR count). The van der Waals surface area contributed by atoms with Crippen LogP contribution in [0, 0.1) is 5.92 Å². The normalized spacial score (nSPS) is 17.7. The molecule has 0 saturated heterocycles. The first-order valence-electron chi connectivity index (χ1n) is 5.70. The first kappa shape index (κ1) is 11.2. The van der Waals surface area contributed by atoms with Crippen LogP contribution in [0.2, 0.25) is 0 Å². The smallest absolute Gasteiger partial charge is 0.0207 e. The Morgan fingerprint density at radius 1 is 1.40 bits per heavy atom. The van der Waals surface area contributed by atoms with Crippen molar-refractivity contribution in [1.29, 1.82) is 0 Å². The van der Waals surface area contributed by atoms with Gasteiger partial charge < -0.3 is 5.32 Å². The molecule has 1 unspecified atom stereocenters. The standard InChI is InChI=1S/C13H18BrN/c1-15-12(8-10-6-7-10)9-11-4-2-3-5-13(11)14/h2-5,10,12,15H,6-9H2,1H3. The Kier molecular flexibility index (Phi) is 3.81. The van der Waals surface area contributed by atoms with E-state index in [4.69, 9.17) is 0 Å². The van der Waals surface area contributed by atoms with Gasteiger partial charge in [0.15, 0.2) is 0 Å². The van der Waals surface area contributed by atoms with Gasteiger partial charge in [0, 0.05) is 10.5 Å². The molecule has 1 aromatic rings. The van der Waals surface area contributed by atoms with Crippen molar-refractivity contribution in [3.8, 4) is 0 Å². The number of rotatable bonds is 5. The number of likely N-dealkylation sites (N-methyl/N-ethyl adjacent to an activating group) is 1. The van der Waals surface area contributed by atoms with Crippen molar-refractivity contribution in [2.45, 2.75) is 31.7 Å². The minimum Gasteiger partial charge on any atom is -0.317 e. The van der Waals surface area contributed by atoms with E-state index in [-0.39, 0.29) is 0 Å². The Morgan fingerprint density at radius 3 is 2.73 bits per heavy atom. The molecule has 1 fully saturated rings. The van der Waals surface area contributed by atoms with Crippen LogP contribution in [0.1, 0.15) is 24.8 Å². The molecule has 1 atom stereocenters. The summed E-state index contributed by atoms with van der Waals surface area (Å²) in [6, 6.07) is 9.16. The number of halogens is 1. The molecule has 2 heteroatoms. The first-order chi connectivity index (χ1) is 7.29. The van der Waals surface area contributed by atoms with Crippen LogP contribution in [0.15, 0.2) is 28.7 Å². The lowest BCUT2D eigenvalue weighted by Crippen LogP contribution is -2.28. The highest BCUT2D eigenvalue weighted by atomic mass is 79.9. The summed E-state index contributed by atoms with van der Waals surface area (Å²) in [5, 5.41) is 3.43. The van der Waals surface area contributed by atoms with Crippen molar-refractivity contribution >= 4 is 15.9 Å². The van der Waals surface area contributed by atoms with E-state index in [2.05, 4.69) is 52.6 Å². The maximum Gasteiger partial charge on any atom is 0.0207 e. The third kappa shape index (κ3) is 3.32. The fourth-order valence-corrected chi connectivity index (χ4v) is 2.44. The van der Waals surface area contributed by atoms with Crippen molar-refractivity contribution in [2.75, 3.05) is 7.05 Å². The van der Waals surface area contributed by atoms with Gasteiger partial charge >= 0.3 is 0 Å². The molecule has 0 aliphatic heterocycles. The molecule has 0 spiro atoms. The maximum absolute atomic E-state index is 3.61. The second kappa shape index (κ2) is 5.13. The number of benzene rings is 1. The van der Waals surface area contributed by atoms with Crippen LogP contribution in [0.3, 0.4) is 0 Å². The zero-order valence-electron chi connectivity index (χ0n) is 9.17. The highest BCUT2D eigenvalue weighted by Gasteiger charge is 2.24. The third-order valence-electron chi connectivity index (χ3n) is 3.15. The van der Waals surface area contributed by atoms with Crippen LogP contribution in [0.5, 0.6) is 0 Å². The maximum atomic E-state index is 3.61. The van der Waals surface area contributed by atoms with Crippen LogP contribution in [0.4, 0.5) is 0 Å². The number of hydrogen-bond donors (Lipinski definition) is 1. The van der Waals surface area contributed by atoms with Crippen molar-refractivity contribution in [2.24, 2.45) is 5.92 Å². The molecular formula is C13H18BrN. The summed E-state index contributed by atoms with van der Waals surface area (Å²) in [7, 11) is 2.07. The monoisotopic (exact) mass is 267 g/mol. The van der Waals surface area contributed by atoms with Gasteiger partial charge in [-0.3, -0.25) is 0 Å². The quantitative estimate of drug-likeness (QED) is 0.863. The summed E-state index contributed by atoms with van der Waals surface area (Å²) >= 11 is 3.61. The highest BCUT2D eigenvalue weighted by Crippen LogP contribution is 2.34. The molecule has 1 aromatic carbocycles. The Hall–Kier alpha value is -0.340. The summed E-state index contributed by atoms with van der Waals surface area (Å²) in [4.78, 5) is 0. The summed E-state index contributed by atoms with van der Waals surface area (Å²) in [5.41, 5.74) is 1.41. The second-order valence-corrected chi connectivity index (χ2v) is 5.31. The Labute approximate surface area is 100 Å². The van der Waals surface area contributed by atoms with Crippen LogP contribution in [-0.2, 0) is 6.42 Å². The summed E-state index contributed by atoms with van der Waals surface area (Å²) < 4.78 is 1.24. The Balaban J connectivity index is 1.95. The van der Waals surface area contributed by atoms with Crippen molar-refractivity contribution < 1.29 is 0 Å². The van der Waals surface area contributed by atoms with E-state index >= 15 is 0 Å². The molecule has 0 radical (unpaired) electrons. The molecule has 0 heterocycles. The lowest BCUT2D eigenvalue weighted by molar-refractivity contribution is 0.490. The third-order valence-corrected chi connectivity index (χ3v) is 3.92. The van der Waals surface area contributed by atoms with E-state index in [9.17, 15) is 0 Å². The van der Waals surface area contributed by atoms with Gasteiger partial charge in [0.2, 0.25) is 0 Å². The predicted molar refractivity (Wildman–Crippen MR) is 68.0 cm³/mol. The SMILES string of the molecule is CNC(Cc1ccccc1Br)CC1CC1. The fourth-order valence-electron chi connectivity index (χ4n) is 1.99. The summed E-state index contributed by atoms with van der Waals surface area (Å²) in [5.74, 6) is 0.991. The Bertz CT molecular complexity index is 320. The van der Waals surface area contributed by atoms with Gasteiger partial charge in [0.25, 0.3) is 0 Å². The summed E-state index contributed by atoms with van der Waals surface area (Å²) in [6.07, 6.45) is 5.34. The topological polar surface area (TPSA) is 12.0 Å². The number of nitrogens with one attached hydrogen (secondary N) is 1. The van der Waals surface area contributed by atoms with Gasteiger partial charge in [0.05, 0.1) is 0 Å². The van der Waals surface area contributed by atoms with E-state index in [0.717, 1.165) is 12.3 Å². The van der Waals surface area contributed by atoms with E-state index in [1.807, 2.05) is 0 Å². The van der Waals surface area contributed by atoms with Crippen molar-refractivity contribution in [3.63, 3.8) is 0 Å². The molecule has 1 N–H and O–H groups in total. The van der Waals surface area contributed by atoms with Crippen LogP contribution >= 0.6 is 15.9 Å². The van der Waals surface area contributed by atoms with E-state index in [1.165, 1.54) is 29.3 Å². The van der Waals surface area contributed by atoms with Gasteiger partial charge in [-0.1, -0.05) is 47.0 Å². The summed E-state index contributed by atoms with van der Waals surface area (Å²) in [6.45, 7) is 0. The largest absolute Gasteiger partial charge is 0.317 e. The van der Waals surface area contributed by atoms with Gasteiger partial charge in [-0.05, 0) is 37.4 Å². The van der Waals surface area contributed by atoms with Crippen LogP contribution in [0.25, 0.3) is 0 Å². The molecule has 82 valence electrons. The van der Waals surface area contributed by atoms with Gasteiger partial charge in [-0.25, -0.2) is 0 Å². The van der Waals surface area contributed by atoms with Crippen LogP contribution in [-0.4, -0.2) is 13.1 Å². The lowest BCUT2D eigenvalue weighted by Gasteiger charge is -2.16. The molecular weight excluding hydrogens is 250 g/mol. The molecule has 0 amide bonds. The van der Waals surface area contributed by atoms with E-state index in [0.29, 0.717) is 6.04 Å². The van der Waals surface area contributed by atoms with Gasteiger partial charge in [0.1, 0.15) is 0 Å². The molecule has 0 bridgehead atoms. The minimum atomic E-state index is 0.635. The van der Waals surface area contributed by atoms with E-state index in [1.54, 1.807) is 0 Å². The van der Waals surface area contributed by atoms with Gasteiger partial charge in [-0.2, -0.15) is 0 Å². The van der Waals surface area contributed by atoms with Crippen molar-refractivity contribution in [1.82, 2.24) is 5.32 Å². The first-order valence-corrected chi connectivity index (χ1v) is 6.49. The lowest BCUT2D eigenvalue weighted by atomic mass is 10.0. The van der Waals surface area contributed by atoms with Crippen LogP contribution < -0.4 is 5.32 Å². The average Bonchev–Trinajstić information content (AvgIpc) is 3.04. The molecule has 1 nitrogen and oxygen atoms in total. The Morgan fingerprint density at radius 2 is 2.13 bits per heavy atom. The molecule has 1 aliphatic rings. The molecule has 15 heavy (non-hydrogen) atoms. The zero-order chi connectivity index (χ0) is 10.7.